The molecule has 0 radical (unpaired) electrons. The van der Waals surface area contributed by atoms with Crippen molar-refractivity contribution in [2.24, 2.45) is 0 Å². The predicted octanol–water partition coefficient (Wildman–Crippen LogP) is 7.48. The summed E-state index contributed by atoms with van der Waals surface area (Å²) in [5.41, 5.74) is 2.04. The second kappa shape index (κ2) is 9.72. The zero-order valence-corrected chi connectivity index (χ0v) is 23.4. The average Bonchev–Trinajstić information content (AvgIpc) is 3.33. The Kier molecular flexibility index (Phi) is 6.53. The summed E-state index contributed by atoms with van der Waals surface area (Å²) in [5.74, 6) is -4.98. The quantitative estimate of drug-likeness (QED) is 0.262. The van der Waals surface area contributed by atoms with E-state index in [1.54, 1.807) is 17.0 Å². The highest BCUT2D eigenvalue weighted by atomic mass is 19.3. The van der Waals surface area contributed by atoms with E-state index >= 15 is 4.39 Å². The molecule has 0 bridgehead atoms. The summed E-state index contributed by atoms with van der Waals surface area (Å²) in [4.78, 5) is 21.6. The van der Waals surface area contributed by atoms with Gasteiger partial charge < -0.3 is 9.88 Å². The van der Waals surface area contributed by atoms with Crippen molar-refractivity contribution in [1.29, 1.82) is 0 Å². The first kappa shape index (κ1) is 27.5. The van der Waals surface area contributed by atoms with Gasteiger partial charge in [0.2, 0.25) is 0 Å². The number of rotatable bonds is 4. The number of hydrogen-bond donors (Lipinski definition) is 1. The molecule has 8 heteroatoms. The Labute approximate surface area is 237 Å². The number of aromatic amines is 1. The van der Waals surface area contributed by atoms with Crippen LogP contribution in [0.15, 0.2) is 66.7 Å². The van der Waals surface area contributed by atoms with E-state index in [1.807, 2.05) is 38.4 Å². The lowest BCUT2D eigenvalue weighted by molar-refractivity contribution is -0.0145. The predicted molar refractivity (Wildman–Crippen MR) is 151 cm³/mol. The fourth-order valence-corrected chi connectivity index (χ4v) is 7.20. The molecule has 1 aliphatic heterocycles. The maximum atomic E-state index is 15.3. The summed E-state index contributed by atoms with van der Waals surface area (Å²) >= 11 is 0. The highest BCUT2D eigenvalue weighted by Crippen LogP contribution is 2.54. The number of benzene rings is 3. The third kappa shape index (κ3) is 4.35. The lowest BCUT2D eigenvalue weighted by Gasteiger charge is -2.55. The van der Waals surface area contributed by atoms with Crippen molar-refractivity contribution < 1.29 is 22.4 Å². The van der Waals surface area contributed by atoms with Crippen LogP contribution in [0.2, 0.25) is 0 Å². The molecule has 2 aliphatic rings. The Morgan fingerprint density at radius 2 is 1.68 bits per heavy atom. The maximum absolute atomic E-state index is 15.3. The van der Waals surface area contributed by atoms with Gasteiger partial charge in [-0.15, -0.1) is 0 Å². The molecule has 0 unspecified atom stereocenters. The summed E-state index contributed by atoms with van der Waals surface area (Å²) < 4.78 is 57.4. The number of nitrogens with one attached hydrogen (secondary N) is 1. The van der Waals surface area contributed by atoms with Crippen molar-refractivity contribution in [2.45, 2.75) is 56.0 Å². The molecule has 214 valence electrons. The third-order valence-electron chi connectivity index (χ3n) is 9.45. The Bertz CT molecular complexity index is 1630. The van der Waals surface area contributed by atoms with Gasteiger partial charge in [-0.1, -0.05) is 36.4 Å². The Hall–Kier alpha value is -3.65. The zero-order chi connectivity index (χ0) is 29.2. The Morgan fingerprint density at radius 1 is 0.951 bits per heavy atom. The number of amides is 1. The summed E-state index contributed by atoms with van der Waals surface area (Å²) in [6.07, 6.45) is 2.96. The number of fused-ring (bicyclic) bond motifs is 4. The van der Waals surface area contributed by atoms with Gasteiger partial charge in [0.05, 0.1) is 11.1 Å². The third-order valence-corrected chi connectivity index (χ3v) is 9.45. The molecule has 3 aromatic carbocycles. The van der Waals surface area contributed by atoms with Crippen molar-refractivity contribution in [3.63, 3.8) is 0 Å². The summed E-state index contributed by atoms with van der Waals surface area (Å²) in [5, 5.41) is 1.10. The number of para-hydroxylation sites is 1. The largest absolute Gasteiger partial charge is 0.356 e. The molecule has 0 atom stereocenters. The fourth-order valence-electron chi connectivity index (χ4n) is 7.20. The van der Waals surface area contributed by atoms with Crippen LogP contribution in [0.4, 0.5) is 17.6 Å². The monoisotopic (exact) mass is 563 g/mol. The highest BCUT2D eigenvalue weighted by Gasteiger charge is 2.53. The molecule has 1 amide bonds. The normalized spacial score (nSPS) is 22.9. The van der Waals surface area contributed by atoms with E-state index < -0.39 is 34.3 Å². The van der Waals surface area contributed by atoms with Gasteiger partial charge in [-0.3, -0.25) is 9.69 Å². The molecular weight excluding hydrogens is 530 g/mol. The van der Waals surface area contributed by atoms with Crippen molar-refractivity contribution in [2.75, 3.05) is 20.6 Å². The van der Waals surface area contributed by atoms with Gasteiger partial charge in [0.15, 0.2) is 0 Å². The Morgan fingerprint density at radius 3 is 2.34 bits per heavy atom. The molecule has 1 aliphatic carbocycles. The number of carbonyl (C=O) groups is 1. The first-order valence-electron chi connectivity index (χ1n) is 14.0. The standard InChI is InChI=1S/C33H33F4N3O/c1-31(36,37)21-11-12-26(27(35)20-21)30(41)40-18-13-25-24-9-4-5-10-28(24)38-29(25)33(40)16-14-32(15-17-33,39(2)3)22-7-6-8-23(34)19-22/h4-12,19-20,38H,13-18H2,1-3H3. The van der Waals surface area contributed by atoms with Crippen LogP contribution in [-0.4, -0.2) is 41.3 Å². The van der Waals surface area contributed by atoms with Crippen LogP contribution in [0, 0.1) is 11.6 Å². The minimum atomic E-state index is -3.22. The van der Waals surface area contributed by atoms with Crippen LogP contribution in [-0.2, 0) is 23.4 Å². The first-order valence-corrected chi connectivity index (χ1v) is 14.0. The molecule has 6 rings (SSSR count). The molecule has 4 nitrogen and oxygen atoms in total. The SMILES string of the molecule is CN(C)C1(c2cccc(F)c2)CCC2(CC1)c1[nH]c3ccccc3c1CCN2C(=O)c1ccc(C(C)(F)F)cc1F. The molecule has 1 fully saturated rings. The lowest BCUT2D eigenvalue weighted by Crippen LogP contribution is -2.58. The topological polar surface area (TPSA) is 39.3 Å². The first-order chi connectivity index (χ1) is 19.5. The van der Waals surface area contributed by atoms with Crippen LogP contribution in [0.1, 0.15) is 65.3 Å². The molecule has 41 heavy (non-hydrogen) atoms. The van der Waals surface area contributed by atoms with E-state index in [2.05, 4.69) is 16.0 Å². The van der Waals surface area contributed by atoms with Crippen LogP contribution in [0.3, 0.4) is 0 Å². The molecule has 1 spiro atoms. The average molecular weight is 564 g/mol. The van der Waals surface area contributed by atoms with Gasteiger partial charge in [0.25, 0.3) is 11.8 Å². The van der Waals surface area contributed by atoms with E-state index in [-0.39, 0.29) is 11.4 Å². The molecule has 0 saturated heterocycles. The minimum absolute atomic E-state index is 0.216. The maximum Gasteiger partial charge on any atom is 0.270 e. The van der Waals surface area contributed by atoms with Crippen LogP contribution in [0.5, 0.6) is 0 Å². The van der Waals surface area contributed by atoms with Crippen molar-refractivity contribution in [3.8, 4) is 0 Å². The second-order valence-electron chi connectivity index (χ2n) is 11.8. The fraction of sp³-hybridized carbons (Fsp3) is 0.364. The molecule has 2 heterocycles. The van der Waals surface area contributed by atoms with E-state index in [4.69, 9.17) is 0 Å². The van der Waals surface area contributed by atoms with Gasteiger partial charge in [0.1, 0.15) is 11.6 Å². The van der Waals surface area contributed by atoms with Gasteiger partial charge >= 0.3 is 0 Å². The van der Waals surface area contributed by atoms with Gasteiger partial charge in [0, 0.05) is 41.2 Å². The van der Waals surface area contributed by atoms with Crippen LogP contribution in [0.25, 0.3) is 10.9 Å². The molecule has 4 aromatic rings. The number of hydrogen-bond acceptors (Lipinski definition) is 2. The van der Waals surface area contributed by atoms with Crippen LogP contribution < -0.4 is 0 Å². The number of halogens is 4. The van der Waals surface area contributed by atoms with Gasteiger partial charge in [-0.05, 0) is 87.7 Å². The second-order valence-corrected chi connectivity index (χ2v) is 11.8. The van der Waals surface area contributed by atoms with Crippen molar-refractivity contribution in [1.82, 2.24) is 14.8 Å². The summed E-state index contributed by atoms with van der Waals surface area (Å²) in [6.45, 7) is 1.08. The molecular formula is C33H33F4N3O. The Balaban J connectivity index is 1.45. The number of aromatic nitrogens is 1. The lowest BCUT2D eigenvalue weighted by atomic mass is 9.65. The summed E-state index contributed by atoms with van der Waals surface area (Å²) in [6, 6.07) is 17.8. The van der Waals surface area contributed by atoms with E-state index in [0.717, 1.165) is 39.9 Å². The van der Waals surface area contributed by atoms with Gasteiger partial charge in [-0.25, -0.2) is 17.6 Å². The zero-order valence-electron chi connectivity index (χ0n) is 23.4. The molecule has 1 aromatic heterocycles. The van der Waals surface area contributed by atoms with Crippen molar-refractivity contribution >= 4 is 16.8 Å². The van der Waals surface area contributed by atoms with E-state index in [0.29, 0.717) is 45.6 Å². The molecule has 1 saturated carbocycles. The van der Waals surface area contributed by atoms with E-state index in [1.165, 1.54) is 12.1 Å². The van der Waals surface area contributed by atoms with Crippen molar-refractivity contribution in [3.05, 3.63) is 106 Å². The summed E-state index contributed by atoms with van der Waals surface area (Å²) in [7, 11) is 3.98. The van der Waals surface area contributed by atoms with E-state index in [9.17, 15) is 18.0 Å². The number of nitrogens with zero attached hydrogens (tertiary/aromatic N) is 2. The molecule has 1 N–H and O–H groups in total. The number of alkyl halides is 2. The smallest absolute Gasteiger partial charge is 0.270 e. The van der Waals surface area contributed by atoms with Gasteiger partial charge in [-0.2, -0.15) is 0 Å². The highest BCUT2D eigenvalue weighted by molar-refractivity contribution is 5.96. The number of H-pyrrole nitrogens is 1. The number of carbonyl (C=O) groups excluding carboxylic acids is 1. The van der Waals surface area contributed by atoms with Crippen LogP contribution >= 0.6 is 0 Å². The minimum Gasteiger partial charge on any atom is -0.356 e.